The lowest BCUT2D eigenvalue weighted by atomic mass is 10.0. The summed E-state index contributed by atoms with van der Waals surface area (Å²) in [4.78, 5) is 24.5. The molecular weight excluding hydrogens is 863 g/mol. The number of nitrogens with one attached hydrogen (secondary N) is 1. The lowest BCUT2D eigenvalue weighted by Crippen LogP contribution is -2.45. The summed E-state index contributed by atoms with van der Waals surface area (Å²) in [6.45, 7) is 4.96. The largest absolute Gasteiger partial charge is 0.466 e. The molecule has 0 aromatic heterocycles. The number of ether oxygens (including phenoxy) is 1. The number of hydrogen-bond acceptors (Lipinski definition) is 5. The molecule has 0 aliphatic carbocycles. The van der Waals surface area contributed by atoms with Crippen molar-refractivity contribution in [1.29, 1.82) is 0 Å². The number of amides is 1. The van der Waals surface area contributed by atoms with Crippen molar-refractivity contribution in [1.82, 2.24) is 5.32 Å². The van der Waals surface area contributed by atoms with E-state index < -0.39 is 12.1 Å². The molecule has 0 spiro atoms. The Kier molecular flexibility index (Phi) is 59.0. The van der Waals surface area contributed by atoms with Gasteiger partial charge in [0.2, 0.25) is 5.91 Å². The maximum Gasteiger partial charge on any atom is 0.305 e. The van der Waals surface area contributed by atoms with Crippen LogP contribution in [0.4, 0.5) is 0 Å². The van der Waals surface area contributed by atoms with Crippen LogP contribution in [0.5, 0.6) is 0 Å². The zero-order valence-electron chi connectivity index (χ0n) is 47.5. The average molecular weight is 989 g/mol. The third-order valence-electron chi connectivity index (χ3n) is 15.1. The highest BCUT2D eigenvalue weighted by atomic mass is 16.5. The van der Waals surface area contributed by atoms with E-state index in [9.17, 15) is 19.8 Å². The smallest absolute Gasteiger partial charge is 0.305 e. The first-order valence-electron chi connectivity index (χ1n) is 31.9. The van der Waals surface area contributed by atoms with Crippen molar-refractivity contribution in [3.05, 3.63) is 12.2 Å². The molecule has 0 saturated heterocycles. The Morgan fingerprint density at radius 3 is 1.01 bits per heavy atom. The summed E-state index contributed by atoms with van der Waals surface area (Å²) < 4.78 is 5.48. The van der Waals surface area contributed by atoms with E-state index in [4.69, 9.17) is 4.74 Å². The van der Waals surface area contributed by atoms with Gasteiger partial charge in [-0.2, -0.15) is 0 Å². The van der Waals surface area contributed by atoms with Crippen molar-refractivity contribution in [3.8, 4) is 0 Å². The molecule has 0 heterocycles. The average Bonchev–Trinajstić information content (AvgIpc) is 3.36. The van der Waals surface area contributed by atoms with Gasteiger partial charge in [0.15, 0.2) is 0 Å². The topological polar surface area (TPSA) is 95.9 Å². The van der Waals surface area contributed by atoms with E-state index in [1.165, 1.54) is 283 Å². The first-order valence-corrected chi connectivity index (χ1v) is 31.9. The molecule has 0 aromatic carbocycles. The predicted molar refractivity (Wildman–Crippen MR) is 306 cm³/mol. The van der Waals surface area contributed by atoms with Crippen molar-refractivity contribution in [3.63, 3.8) is 0 Å². The maximum absolute atomic E-state index is 12.4. The molecule has 0 fully saturated rings. The van der Waals surface area contributed by atoms with Gasteiger partial charge >= 0.3 is 5.97 Å². The molecule has 6 heteroatoms. The molecule has 0 aliphatic rings. The Bertz CT molecular complexity index is 1050. The monoisotopic (exact) mass is 988 g/mol. The fourth-order valence-corrected chi connectivity index (χ4v) is 10.2. The summed E-state index contributed by atoms with van der Waals surface area (Å²) in [6, 6.07) is -0.537. The fraction of sp³-hybridized carbons (Fsp3) is 0.938. The number of unbranched alkanes of at least 4 members (excludes halogenated alkanes) is 47. The van der Waals surface area contributed by atoms with Gasteiger partial charge in [-0.1, -0.05) is 309 Å². The van der Waals surface area contributed by atoms with Crippen molar-refractivity contribution >= 4 is 11.9 Å². The lowest BCUT2D eigenvalue weighted by molar-refractivity contribution is -0.143. The van der Waals surface area contributed by atoms with Crippen LogP contribution in [0.15, 0.2) is 12.2 Å². The zero-order chi connectivity index (χ0) is 50.7. The van der Waals surface area contributed by atoms with E-state index in [2.05, 4.69) is 31.3 Å². The first-order chi connectivity index (χ1) is 34.5. The molecule has 2 atom stereocenters. The zero-order valence-corrected chi connectivity index (χ0v) is 47.5. The third kappa shape index (κ3) is 55.9. The van der Waals surface area contributed by atoms with Crippen LogP contribution in [0.1, 0.15) is 361 Å². The van der Waals surface area contributed by atoms with Gasteiger partial charge in [0.25, 0.3) is 0 Å². The van der Waals surface area contributed by atoms with Crippen LogP contribution in [0.25, 0.3) is 0 Å². The number of allylic oxidation sites excluding steroid dienone is 2. The third-order valence-corrected chi connectivity index (χ3v) is 15.1. The number of aliphatic hydroxyl groups excluding tert-OH is 2. The normalized spacial score (nSPS) is 12.6. The summed E-state index contributed by atoms with van der Waals surface area (Å²) in [5, 5.41) is 23.2. The molecule has 0 bridgehead atoms. The summed E-state index contributed by atoms with van der Waals surface area (Å²) in [5.41, 5.74) is 0. The van der Waals surface area contributed by atoms with Crippen molar-refractivity contribution in [2.24, 2.45) is 0 Å². The van der Waals surface area contributed by atoms with Gasteiger partial charge in [-0.25, -0.2) is 0 Å². The number of hydrogen-bond donors (Lipinski definition) is 3. The van der Waals surface area contributed by atoms with Gasteiger partial charge in [-0.05, 0) is 51.4 Å². The Balaban J connectivity index is 3.31. The minimum Gasteiger partial charge on any atom is -0.466 e. The Morgan fingerprint density at radius 2 is 0.671 bits per heavy atom. The van der Waals surface area contributed by atoms with E-state index in [1.807, 2.05) is 0 Å². The van der Waals surface area contributed by atoms with Gasteiger partial charge in [0, 0.05) is 12.8 Å². The van der Waals surface area contributed by atoms with Gasteiger partial charge in [-0.15, -0.1) is 0 Å². The van der Waals surface area contributed by atoms with Crippen LogP contribution in [-0.4, -0.2) is 47.4 Å². The Hall–Kier alpha value is -1.40. The van der Waals surface area contributed by atoms with Gasteiger partial charge < -0.3 is 20.3 Å². The van der Waals surface area contributed by atoms with Gasteiger partial charge in [0.1, 0.15) is 0 Å². The van der Waals surface area contributed by atoms with Crippen molar-refractivity contribution in [2.75, 3.05) is 13.2 Å². The minimum absolute atomic E-state index is 0.0107. The van der Waals surface area contributed by atoms with E-state index in [-0.39, 0.29) is 18.5 Å². The van der Waals surface area contributed by atoms with Crippen LogP contribution in [0.2, 0.25) is 0 Å². The lowest BCUT2D eigenvalue weighted by Gasteiger charge is -2.22. The molecule has 0 radical (unpaired) electrons. The summed E-state index contributed by atoms with van der Waals surface area (Å²) in [7, 11) is 0. The Labute approximate surface area is 438 Å². The van der Waals surface area contributed by atoms with Crippen LogP contribution in [-0.2, 0) is 14.3 Å². The standard InChI is InChI=1S/C64H125NO5/c1-3-5-7-9-11-13-15-16-34-38-42-46-50-54-58-64(69)70-59-55-51-47-43-39-35-32-30-28-26-24-22-20-18-17-19-21-23-25-27-29-31-33-37-41-45-49-53-57-63(68)65-61(60-66)62(67)56-52-48-44-40-36-14-12-10-8-6-4-2/h15-16,61-62,66-67H,3-14,17-60H2,1-2H3,(H,65,68)/b16-15-. The van der Waals surface area contributed by atoms with E-state index in [0.29, 0.717) is 25.9 Å². The molecule has 416 valence electrons. The first kappa shape index (κ1) is 68.6. The second-order valence-corrected chi connectivity index (χ2v) is 22.1. The number of carbonyl (C=O) groups is 2. The molecular formula is C64H125NO5. The van der Waals surface area contributed by atoms with Crippen LogP contribution in [0.3, 0.4) is 0 Å². The van der Waals surface area contributed by atoms with Crippen molar-refractivity contribution < 1.29 is 24.5 Å². The van der Waals surface area contributed by atoms with E-state index >= 15 is 0 Å². The second kappa shape index (κ2) is 60.2. The predicted octanol–water partition coefficient (Wildman–Crippen LogP) is 20.0. The minimum atomic E-state index is -0.660. The highest BCUT2D eigenvalue weighted by Gasteiger charge is 2.20. The molecule has 6 nitrogen and oxygen atoms in total. The van der Waals surface area contributed by atoms with Crippen LogP contribution < -0.4 is 5.32 Å². The number of esters is 1. The number of carbonyl (C=O) groups excluding carboxylic acids is 2. The van der Waals surface area contributed by atoms with E-state index in [1.54, 1.807) is 0 Å². The highest BCUT2D eigenvalue weighted by Crippen LogP contribution is 2.18. The van der Waals surface area contributed by atoms with Gasteiger partial charge in [-0.3, -0.25) is 9.59 Å². The van der Waals surface area contributed by atoms with Crippen molar-refractivity contribution in [2.45, 2.75) is 373 Å². The molecule has 0 saturated carbocycles. The molecule has 0 aliphatic heterocycles. The molecule has 0 aromatic rings. The highest BCUT2D eigenvalue weighted by molar-refractivity contribution is 5.76. The second-order valence-electron chi connectivity index (χ2n) is 22.1. The molecule has 3 N–H and O–H groups in total. The Morgan fingerprint density at radius 1 is 0.386 bits per heavy atom. The summed E-state index contributed by atoms with van der Waals surface area (Å²) in [6.07, 6.45) is 72.4. The summed E-state index contributed by atoms with van der Waals surface area (Å²) >= 11 is 0. The fourth-order valence-electron chi connectivity index (χ4n) is 10.2. The SMILES string of the molecule is CCCCCCC/C=C\CCCCCCCC(=O)OCCCCCCCCCCCCCCCCCCCCCCCCCCCCCCC(=O)NC(CO)C(O)CCCCCCCCCCCCC. The number of rotatable bonds is 60. The number of aliphatic hydroxyl groups is 2. The van der Waals surface area contributed by atoms with Crippen LogP contribution in [0, 0.1) is 0 Å². The van der Waals surface area contributed by atoms with E-state index in [0.717, 1.165) is 44.9 Å². The molecule has 70 heavy (non-hydrogen) atoms. The molecule has 2 unspecified atom stereocenters. The van der Waals surface area contributed by atoms with Gasteiger partial charge in [0.05, 0.1) is 25.4 Å². The molecule has 0 rings (SSSR count). The van der Waals surface area contributed by atoms with Crippen LogP contribution >= 0.6 is 0 Å². The molecule has 1 amide bonds. The quantitative estimate of drug-likeness (QED) is 0.0321. The maximum atomic E-state index is 12.4. The summed E-state index contributed by atoms with van der Waals surface area (Å²) in [5.74, 6) is -0.0204.